The van der Waals surface area contributed by atoms with Crippen LogP contribution < -0.4 is 9.64 Å². The third-order valence-electron chi connectivity index (χ3n) is 7.62. The Morgan fingerprint density at radius 1 is 1.02 bits per heavy atom. The molecule has 0 bridgehead atoms. The summed E-state index contributed by atoms with van der Waals surface area (Å²) in [4.78, 5) is 44.8. The van der Waals surface area contributed by atoms with Gasteiger partial charge in [0.2, 0.25) is 0 Å². The van der Waals surface area contributed by atoms with Gasteiger partial charge in [0.05, 0.1) is 19.3 Å². The number of imidazole rings is 1. The molecule has 5 rings (SSSR count). The summed E-state index contributed by atoms with van der Waals surface area (Å²) in [7, 11) is -2.23. The molecule has 0 aliphatic carbocycles. The first-order chi connectivity index (χ1) is 22.6. The molecule has 3 heterocycles. The Bertz CT molecular complexity index is 1950. The average molecular weight is 689 g/mol. The summed E-state index contributed by atoms with van der Waals surface area (Å²) in [6.45, 7) is 2.33. The first-order valence-corrected chi connectivity index (χ1v) is 16.4. The fourth-order valence-corrected chi connectivity index (χ4v) is 6.14. The summed E-state index contributed by atoms with van der Waals surface area (Å²) in [5, 5.41) is 4.18. The van der Waals surface area contributed by atoms with E-state index in [0.29, 0.717) is 34.2 Å². The third kappa shape index (κ3) is 6.90. The van der Waals surface area contributed by atoms with Crippen LogP contribution in [-0.4, -0.2) is 89.2 Å². The quantitative estimate of drug-likeness (QED) is 0.229. The molecule has 1 aliphatic rings. The highest BCUT2D eigenvalue weighted by molar-refractivity contribution is 7.90. The van der Waals surface area contributed by atoms with Crippen LogP contribution in [-0.2, 0) is 37.1 Å². The molecule has 2 aromatic heterocycles. The SMILES string of the molecule is COc1ccc(-n2nc(S(C)(=O)=O)c3c2C(=O)N(c2ccc(-n4ccnc4CN(C(=O)COC(=O)C(F)(F)F)C(C)C)cc2)CC3)cc1. The normalized spacial score (nSPS) is 13.4. The van der Waals surface area contributed by atoms with Crippen LogP contribution in [0, 0.1) is 0 Å². The minimum atomic E-state index is -5.22. The minimum Gasteiger partial charge on any atom is -0.497 e. The monoisotopic (exact) mass is 688 g/mol. The molecule has 13 nitrogen and oxygen atoms in total. The van der Waals surface area contributed by atoms with Gasteiger partial charge in [0.1, 0.15) is 17.3 Å². The van der Waals surface area contributed by atoms with E-state index in [0.717, 1.165) is 6.26 Å². The largest absolute Gasteiger partial charge is 0.497 e. The summed E-state index contributed by atoms with van der Waals surface area (Å²) >= 11 is 0. The van der Waals surface area contributed by atoms with Gasteiger partial charge in [0.15, 0.2) is 21.5 Å². The first kappa shape index (κ1) is 34.2. The molecular weight excluding hydrogens is 657 g/mol. The fourth-order valence-electron chi connectivity index (χ4n) is 5.27. The molecule has 0 saturated carbocycles. The van der Waals surface area contributed by atoms with E-state index in [1.54, 1.807) is 73.1 Å². The molecule has 0 spiro atoms. The molecule has 4 aromatic rings. The number of ether oxygens (including phenoxy) is 2. The molecule has 0 fully saturated rings. The number of nitrogens with zero attached hydrogens (tertiary/aromatic N) is 6. The lowest BCUT2D eigenvalue weighted by Crippen LogP contribution is -2.40. The second-order valence-electron chi connectivity index (χ2n) is 11.1. The molecule has 0 unspecified atom stereocenters. The van der Waals surface area contributed by atoms with E-state index in [9.17, 15) is 36.0 Å². The number of rotatable bonds is 10. The van der Waals surface area contributed by atoms with Crippen LogP contribution in [0.4, 0.5) is 18.9 Å². The van der Waals surface area contributed by atoms with Crippen molar-refractivity contribution in [2.24, 2.45) is 0 Å². The lowest BCUT2D eigenvalue weighted by molar-refractivity contribution is -0.200. The lowest BCUT2D eigenvalue weighted by atomic mass is 10.1. The van der Waals surface area contributed by atoms with Gasteiger partial charge >= 0.3 is 12.1 Å². The number of aromatic nitrogens is 4. The average Bonchev–Trinajstić information content (AvgIpc) is 3.67. The number of hydrogen-bond donors (Lipinski definition) is 0. The minimum absolute atomic E-state index is 0.0970. The maximum Gasteiger partial charge on any atom is 0.490 e. The molecule has 17 heteroatoms. The zero-order valence-corrected chi connectivity index (χ0v) is 27.1. The second kappa shape index (κ2) is 13.1. The maximum absolute atomic E-state index is 13.9. The van der Waals surface area contributed by atoms with E-state index >= 15 is 0 Å². The number of carbonyl (C=O) groups is 3. The summed E-state index contributed by atoms with van der Waals surface area (Å²) < 4.78 is 75.2. The second-order valence-corrected chi connectivity index (χ2v) is 13.1. The number of alkyl halides is 3. The maximum atomic E-state index is 13.9. The number of fused-ring (bicyclic) bond motifs is 1. The molecule has 48 heavy (non-hydrogen) atoms. The van der Waals surface area contributed by atoms with Crippen LogP contribution in [0.15, 0.2) is 66.0 Å². The van der Waals surface area contributed by atoms with E-state index in [2.05, 4.69) is 14.8 Å². The smallest absolute Gasteiger partial charge is 0.490 e. The van der Waals surface area contributed by atoms with Gasteiger partial charge < -0.3 is 23.8 Å². The van der Waals surface area contributed by atoms with Crippen molar-refractivity contribution in [3.05, 3.63) is 78.0 Å². The highest BCUT2D eigenvalue weighted by Gasteiger charge is 2.41. The Morgan fingerprint density at radius 2 is 1.65 bits per heavy atom. The van der Waals surface area contributed by atoms with Crippen LogP contribution >= 0.6 is 0 Å². The molecule has 2 aromatic carbocycles. The van der Waals surface area contributed by atoms with Crippen LogP contribution in [0.25, 0.3) is 11.4 Å². The van der Waals surface area contributed by atoms with Crippen molar-refractivity contribution in [3.8, 4) is 17.1 Å². The number of hydrogen-bond acceptors (Lipinski definition) is 9. The fraction of sp³-hybridized carbons (Fsp3) is 0.323. The molecular formula is C31H31F3N6O7S. The number of anilines is 1. The number of halogens is 3. The van der Waals surface area contributed by atoms with Gasteiger partial charge in [-0.1, -0.05) is 0 Å². The zero-order chi connectivity index (χ0) is 35.0. The van der Waals surface area contributed by atoms with Crippen molar-refractivity contribution >= 4 is 33.3 Å². The van der Waals surface area contributed by atoms with Crippen molar-refractivity contribution < 1.29 is 45.4 Å². The van der Waals surface area contributed by atoms with E-state index < -0.39 is 46.4 Å². The van der Waals surface area contributed by atoms with Gasteiger partial charge in [-0.25, -0.2) is 22.9 Å². The number of benzene rings is 2. The topological polar surface area (TPSA) is 146 Å². The van der Waals surface area contributed by atoms with Crippen molar-refractivity contribution in [2.45, 2.75) is 44.1 Å². The van der Waals surface area contributed by atoms with E-state index in [4.69, 9.17) is 4.74 Å². The van der Waals surface area contributed by atoms with Crippen molar-refractivity contribution in [1.82, 2.24) is 24.2 Å². The first-order valence-electron chi connectivity index (χ1n) is 14.5. The van der Waals surface area contributed by atoms with Gasteiger partial charge in [-0.3, -0.25) is 9.59 Å². The van der Waals surface area contributed by atoms with Gasteiger partial charge in [-0.15, -0.1) is 0 Å². The van der Waals surface area contributed by atoms with E-state index in [-0.39, 0.29) is 30.2 Å². The third-order valence-corrected chi connectivity index (χ3v) is 8.65. The lowest BCUT2D eigenvalue weighted by Gasteiger charge is -2.28. The number of esters is 1. The number of amides is 2. The molecule has 0 saturated heterocycles. The van der Waals surface area contributed by atoms with E-state index in [1.807, 2.05) is 0 Å². The molecule has 2 amide bonds. The number of sulfone groups is 1. The van der Waals surface area contributed by atoms with Gasteiger partial charge in [-0.05, 0) is 68.8 Å². The van der Waals surface area contributed by atoms with Crippen LogP contribution in [0.2, 0.25) is 0 Å². The molecule has 0 radical (unpaired) electrons. The number of carbonyl (C=O) groups excluding carboxylic acids is 3. The Hall–Kier alpha value is -5.19. The van der Waals surface area contributed by atoms with Crippen LogP contribution in [0.5, 0.6) is 5.75 Å². The van der Waals surface area contributed by atoms with Crippen molar-refractivity contribution in [2.75, 3.05) is 31.4 Å². The van der Waals surface area contributed by atoms with Crippen molar-refractivity contribution in [3.63, 3.8) is 0 Å². The Kier molecular flexibility index (Phi) is 9.35. The molecule has 254 valence electrons. The van der Waals surface area contributed by atoms with E-state index in [1.165, 1.54) is 27.8 Å². The van der Waals surface area contributed by atoms with Gasteiger partial charge in [0.25, 0.3) is 11.8 Å². The predicted molar refractivity (Wildman–Crippen MR) is 165 cm³/mol. The summed E-state index contributed by atoms with van der Waals surface area (Å²) in [6, 6.07) is 13.1. The standard InChI is InChI=1S/C31H31F3N6O7S/c1-19(2)39(26(41)18-47-30(43)31(32,33)34)17-25-35-14-16-37(25)20-5-7-21(8-6-20)38-15-13-24-27(29(38)42)40(36-28(24)48(4,44)45)22-9-11-23(46-3)12-10-22/h5-12,14,16,19H,13,15,17-18H2,1-4H3. The van der Waals surface area contributed by atoms with Gasteiger partial charge in [0, 0.05) is 48.2 Å². The van der Waals surface area contributed by atoms with Crippen LogP contribution in [0.1, 0.15) is 35.7 Å². The van der Waals surface area contributed by atoms with Crippen LogP contribution in [0.3, 0.4) is 0 Å². The number of methoxy groups -OCH3 is 1. The Morgan fingerprint density at radius 3 is 2.23 bits per heavy atom. The Balaban J connectivity index is 1.38. The highest BCUT2D eigenvalue weighted by atomic mass is 32.2. The summed E-state index contributed by atoms with van der Waals surface area (Å²) in [5.41, 5.74) is 2.09. The summed E-state index contributed by atoms with van der Waals surface area (Å²) in [5.74, 6) is -2.77. The zero-order valence-electron chi connectivity index (χ0n) is 26.3. The highest BCUT2D eigenvalue weighted by Crippen LogP contribution is 2.32. The molecule has 0 atom stereocenters. The van der Waals surface area contributed by atoms with Crippen molar-refractivity contribution in [1.29, 1.82) is 0 Å². The Labute approximate surface area is 273 Å². The van der Waals surface area contributed by atoms with Gasteiger partial charge in [-0.2, -0.15) is 18.3 Å². The predicted octanol–water partition coefficient (Wildman–Crippen LogP) is 3.52. The molecule has 0 N–H and O–H groups in total. The summed E-state index contributed by atoms with van der Waals surface area (Å²) in [6.07, 6.45) is -0.804. The molecule has 1 aliphatic heterocycles.